The van der Waals surface area contributed by atoms with Gasteiger partial charge in [-0.3, -0.25) is 19.7 Å². The van der Waals surface area contributed by atoms with Crippen LogP contribution in [-0.2, 0) is 14.3 Å². The van der Waals surface area contributed by atoms with E-state index in [4.69, 9.17) is 4.74 Å². The maximum atomic E-state index is 12.5. The van der Waals surface area contributed by atoms with Crippen LogP contribution in [0.25, 0.3) is 0 Å². The number of nitrogens with one attached hydrogen (secondary N) is 2. The summed E-state index contributed by atoms with van der Waals surface area (Å²) in [6.45, 7) is 3.84. The third-order valence-electron chi connectivity index (χ3n) is 4.92. The molecule has 172 valence electrons. The first kappa shape index (κ1) is 24.1. The molecule has 1 atom stereocenters. The maximum Gasteiger partial charge on any atom is 0.257 e. The summed E-state index contributed by atoms with van der Waals surface area (Å²) in [5.74, 6) is -0.0431. The van der Waals surface area contributed by atoms with Crippen LogP contribution in [0, 0.1) is 5.92 Å². The first-order valence-electron chi connectivity index (χ1n) is 10.5. The number of ether oxygens (including phenoxy) is 1. The van der Waals surface area contributed by atoms with Gasteiger partial charge in [0, 0.05) is 43.6 Å². The molecule has 0 radical (unpaired) electrons. The fraction of sp³-hybridized carbons (Fsp3) is 0.476. The fourth-order valence-electron chi connectivity index (χ4n) is 3.16. The molecule has 0 spiro atoms. The molecule has 0 aliphatic carbocycles. The highest BCUT2D eigenvalue weighted by Gasteiger charge is 2.33. The standard InChI is InChI=1S/C21H27N5O4S2/c1-3-4-9-26-13-15(12-17(26)27)19(29)22-16-7-5-14(6-8-16)18(28)23-20-24-25-21(32-20)31-11-10-30-2/h5-8,15H,3-4,9-13H2,1-2H3,(H,22,29)(H,23,24,28). The fourth-order valence-corrected chi connectivity index (χ4v) is 4.88. The van der Waals surface area contributed by atoms with E-state index in [0.29, 0.717) is 36.1 Å². The number of carbonyl (C=O) groups excluding carboxylic acids is 3. The van der Waals surface area contributed by atoms with Crippen LogP contribution in [0.2, 0.25) is 0 Å². The van der Waals surface area contributed by atoms with Crippen molar-refractivity contribution in [2.75, 3.05) is 43.2 Å². The number of carbonyl (C=O) groups is 3. The van der Waals surface area contributed by atoms with Gasteiger partial charge in [0.05, 0.1) is 12.5 Å². The van der Waals surface area contributed by atoms with Crippen molar-refractivity contribution in [1.82, 2.24) is 15.1 Å². The molecular formula is C21H27N5O4S2. The normalized spacial score (nSPS) is 15.8. The SMILES string of the molecule is CCCCN1CC(C(=O)Nc2ccc(C(=O)Nc3nnc(SCCOC)s3)cc2)CC1=O. The number of nitrogens with zero attached hydrogens (tertiary/aromatic N) is 3. The van der Waals surface area contributed by atoms with E-state index in [1.165, 1.54) is 23.1 Å². The first-order valence-corrected chi connectivity index (χ1v) is 12.3. The third kappa shape index (κ3) is 6.75. The maximum absolute atomic E-state index is 12.5. The summed E-state index contributed by atoms with van der Waals surface area (Å²) in [7, 11) is 1.64. The number of methoxy groups -OCH3 is 1. The molecular weight excluding hydrogens is 450 g/mol. The molecule has 1 saturated heterocycles. The number of hydrogen-bond acceptors (Lipinski definition) is 8. The zero-order valence-electron chi connectivity index (χ0n) is 18.1. The molecule has 0 saturated carbocycles. The van der Waals surface area contributed by atoms with Gasteiger partial charge in [0.2, 0.25) is 16.9 Å². The highest BCUT2D eigenvalue weighted by Crippen LogP contribution is 2.26. The molecule has 32 heavy (non-hydrogen) atoms. The van der Waals surface area contributed by atoms with Gasteiger partial charge < -0.3 is 15.0 Å². The van der Waals surface area contributed by atoms with Crippen molar-refractivity contribution in [3.8, 4) is 0 Å². The van der Waals surface area contributed by atoms with Crippen LogP contribution < -0.4 is 10.6 Å². The Morgan fingerprint density at radius 1 is 1.25 bits per heavy atom. The summed E-state index contributed by atoms with van der Waals surface area (Å²) in [5, 5.41) is 14.0. The third-order valence-corrected chi connectivity index (χ3v) is 6.86. The molecule has 1 aromatic carbocycles. The first-order chi connectivity index (χ1) is 15.5. The molecule has 2 aromatic rings. The second kappa shape index (κ2) is 11.9. The Balaban J connectivity index is 1.50. The number of benzene rings is 1. The molecule has 9 nitrogen and oxygen atoms in total. The van der Waals surface area contributed by atoms with Crippen molar-refractivity contribution in [2.45, 2.75) is 30.5 Å². The summed E-state index contributed by atoms with van der Waals surface area (Å²) in [6, 6.07) is 6.61. The second-order valence-electron chi connectivity index (χ2n) is 7.33. The van der Waals surface area contributed by atoms with Crippen molar-refractivity contribution in [2.24, 2.45) is 5.92 Å². The minimum atomic E-state index is -0.351. The number of unbranched alkanes of at least 4 members (excludes halogenated alkanes) is 1. The van der Waals surface area contributed by atoms with Gasteiger partial charge in [0.15, 0.2) is 4.34 Å². The van der Waals surface area contributed by atoms with Crippen LogP contribution >= 0.6 is 23.1 Å². The quantitative estimate of drug-likeness (QED) is 0.290. The Labute approximate surface area is 195 Å². The number of anilines is 2. The summed E-state index contributed by atoms with van der Waals surface area (Å²) < 4.78 is 5.76. The number of rotatable bonds is 11. The van der Waals surface area contributed by atoms with Crippen LogP contribution in [0.3, 0.4) is 0 Å². The van der Waals surface area contributed by atoms with Gasteiger partial charge >= 0.3 is 0 Å². The highest BCUT2D eigenvalue weighted by atomic mass is 32.2. The van der Waals surface area contributed by atoms with E-state index in [2.05, 4.69) is 27.8 Å². The average molecular weight is 478 g/mol. The van der Waals surface area contributed by atoms with Gasteiger partial charge in [-0.1, -0.05) is 36.4 Å². The van der Waals surface area contributed by atoms with Crippen molar-refractivity contribution in [3.05, 3.63) is 29.8 Å². The van der Waals surface area contributed by atoms with Crippen molar-refractivity contribution < 1.29 is 19.1 Å². The highest BCUT2D eigenvalue weighted by molar-refractivity contribution is 8.01. The lowest BCUT2D eigenvalue weighted by atomic mass is 10.1. The average Bonchev–Trinajstić information content (AvgIpc) is 3.39. The van der Waals surface area contributed by atoms with E-state index >= 15 is 0 Å². The lowest BCUT2D eigenvalue weighted by molar-refractivity contribution is -0.128. The molecule has 3 amide bonds. The molecule has 2 heterocycles. The summed E-state index contributed by atoms with van der Waals surface area (Å²) in [6.07, 6.45) is 2.19. The number of thioether (sulfide) groups is 1. The Morgan fingerprint density at radius 2 is 2.03 bits per heavy atom. The molecule has 1 unspecified atom stereocenters. The molecule has 0 bridgehead atoms. The second-order valence-corrected chi connectivity index (χ2v) is 9.65. The predicted octanol–water partition coefficient (Wildman–Crippen LogP) is 3.12. The number of amides is 3. The smallest absolute Gasteiger partial charge is 0.257 e. The van der Waals surface area contributed by atoms with Crippen LogP contribution in [0.4, 0.5) is 10.8 Å². The Kier molecular flexibility index (Phi) is 9.00. The van der Waals surface area contributed by atoms with Crippen LogP contribution in [0.15, 0.2) is 28.6 Å². The molecule has 1 aromatic heterocycles. The van der Waals surface area contributed by atoms with E-state index in [-0.39, 0.29) is 30.1 Å². The summed E-state index contributed by atoms with van der Waals surface area (Å²) in [4.78, 5) is 38.8. The number of likely N-dealkylation sites (tertiary alicyclic amines) is 1. The van der Waals surface area contributed by atoms with E-state index in [1.807, 2.05) is 0 Å². The van der Waals surface area contributed by atoms with E-state index in [0.717, 1.165) is 22.9 Å². The zero-order chi connectivity index (χ0) is 22.9. The van der Waals surface area contributed by atoms with Crippen LogP contribution in [-0.4, -0.2) is 65.4 Å². The van der Waals surface area contributed by atoms with Crippen molar-refractivity contribution in [1.29, 1.82) is 0 Å². The summed E-state index contributed by atoms with van der Waals surface area (Å²) >= 11 is 2.82. The number of aromatic nitrogens is 2. The zero-order valence-corrected chi connectivity index (χ0v) is 19.8. The minimum absolute atomic E-state index is 0.0301. The Bertz CT molecular complexity index is 935. The molecule has 2 N–H and O–H groups in total. The van der Waals surface area contributed by atoms with Crippen molar-refractivity contribution >= 4 is 51.6 Å². The van der Waals surface area contributed by atoms with Gasteiger partial charge in [0.25, 0.3) is 5.91 Å². The largest absolute Gasteiger partial charge is 0.384 e. The predicted molar refractivity (Wildman–Crippen MR) is 125 cm³/mol. The molecule has 11 heteroatoms. The van der Waals surface area contributed by atoms with Gasteiger partial charge in [0.1, 0.15) is 0 Å². The monoisotopic (exact) mass is 477 g/mol. The van der Waals surface area contributed by atoms with Gasteiger partial charge in [-0.05, 0) is 30.7 Å². The van der Waals surface area contributed by atoms with E-state index < -0.39 is 0 Å². The lowest BCUT2D eigenvalue weighted by Gasteiger charge is -2.16. The van der Waals surface area contributed by atoms with Crippen LogP contribution in [0.5, 0.6) is 0 Å². The van der Waals surface area contributed by atoms with Gasteiger partial charge in [-0.15, -0.1) is 10.2 Å². The molecule has 1 fully saturated rings. The molecule has 1 aliphatic heterocycles. The van der Waals surface area contributed by atoms with Crippen LogP contribution in [0.1, 0.15) is 36.5 Å². The van der Waals surface area contributed by atoms with Crippen molar-refractivity contribution in [3.63, 3.8) is 0 Å². The Hall–Kier alpha value is -2.50. The molecule has 3 rings (SSSR count). The molecule has 1 aliphatic rings. The summed E-state index contributed by atoms with van der Waals surface area (Å²) in [5.41, 5.74) is 1.02. The van der Waals surface area contributed by atoms with Gasteiger partial charge in [-0.25, -0.2) is 0 Å². The topological polar surface area (TPSA) is 114 Å². The minimum Gasteiger partial charge on any atom is -0.384 e. The van der Waals surface area contributed by atoms with E-state index in [9.17, 15) is 14.4 Å². The van der Waals surface area contributed by atoms with E-state index in [1.54, 1.807) is 36.3 Å². The lowest BCUT2D eigenvalue weighted by Crippen LogP contribution is -2.29. The Morgan fingerprint density at radius 3 is 2.75 bits per heavy atom. The van der Waals surface area contributed by atoms with Gasteiger partial charge in [-0.2, -0.15) is 0 Å². The number of hydrogen-bond donors (Lipinski definition) is 2.